The lowest BCUT2D eigenvalue weighted by molar-refractivity contribution is -0.137. The molecule has 1 aromatic carbocycles. The second-order valence-electron chi connectivity index (χ2n) is 6.71. The van der Waals surface area contributed by atoms with Crippen LogP contribution >= 0.6 is 0 Å². The van der Waals surface area contributed by atoms with E-state index in [1.807, 2.05) is 20.8 Å². The van der Waals surface area contributed by atoms with Gasteiger partial charge in [0.1, 0.15) is 6.10 Å². The molecule has 0 fully saturated rings. The van der Waals surface area contributed by atoms with Crippen molar-refractivity contribution in [1.29, 1.82) is 0 Å². The van der Waals surface area contributed by atoms with Crippen LogP contribution in [-0.2, 0) is 17.5 Å². The second kappa shape index (κ2) is 6.78. The molecule has 2 aromatic rings. The highest BCUT2D eigenvalue weighted by molar-refractivity contribution is 5.60. The summed E-state index contributed by atoms with van der Waals surface area (Å²) in [4.78, 5) is 10.9. The summed E-state index contributed by atoms with van der Waals surface area (Å²) in [6.45, 7) is 5.66. The predicted molar refractivity (Wildman–Crippen MR) is 85.0 cm³/mol. The number of rotatable bonds is 4. The zero-order valence-corrected chi connectivity index (χ0v) is 14.0. The van der Waals surface area contributed by atoms with Crippen LogP contribution in [0.15, 0.2) is 36.5 Å². The lowest BCUT2D eigenvalue weighted by Crippen LogP contribution is -2.35. The predicted octanol–water partition coefficient (Wildman–Crippen LogP) is 4.68. The Bertz CT molecular complexity index is 731. The molecule has 0 radical (unpaired) electrons. The fourth-order valence-corrected chi connectivity index (χ4v) is 2.32. The van der Waals surface area contributed by atoms with Crippen molar-refractivity contribution in [3.8, 4) is 11.3 Å². The lowest BCUT2D eigenvalue weighted by Gasteiger charge is -2.29. The zero-order valence-electron chi connectivity index (χ0n) is 14.0. The van der Waals surface area contributed by atoms with E-state index >= 15 is 0 Å². The van der Waals surface area contributed by atoms with Gasteiger partial charge in [0, 0.05) is 11.6 Å². The number of ether oxygens (including phenoxy) is 1. The first-order valence-corrected chi connectivity index (χ1v) is 7.57. The van der Waals surface area contributed by atoms with Gasteiger partial charge in [-0.15, -0.1) is 0 Å². The minimum atomic E-state index is -4.40. The van der Waals surface area contributed by atoms with E-state index in [1.165, 1.54) is 23.0 Å². The van der Waals surface area contributed by atoms with Gasteiger partial charge in [-0.05, 0) is 23.8 Å². The van der Waals surface area contributed by atoms with Crippen LogP contribution in [-0.4, -0.2) is 27.1 Å². The fraction of sp³-hybridized carbons (Fsp3) is 0.412. The zero-order chi connectivity index (χ0) is 18.8. The van der Waals surface area contributed by atoms with Gasteiger partial charge in [-0.1, -0.05) is 32.9 Å². The van der Waals surface area contributed by atoms with Crippen LogP contribution in [0.25, 0.3) is 11.3 Å². The van der Waals surface area contributed by atoms with Crippen molar-refractivity contribution in [3.05, 3.63) is 42.1 Å². The Balaban J connectivity index is 2.29. The summed E-state index contributed by atoms with van der Waals surface area (Å²) >= 11 is 0. The highest BCUT2D eigenvalue weighted by atomic mass is 19.4. The van der Waals surface area contributed by atoms with Gasteiger partial charge >= 0.3 is 12.3 Å². The molecule has 0 spiro atoms. The minimum absolute atomic E-state index is 0.152. The van der Waals surface area contributed by atoms with Gasteiger partial charge in [0.25, 0.3) is 0 Å². The number of nitrogens with zero attached hydrogens (tertiary/aromatic N) is 2. The fourth-order valence-electron chi connectivity index (χ4n) is 2.32. The maximum Gasteiger partial charge on any atom is 0.506 e. The standard InChI is InChI=1S/C17H19F3N2O3/c1-16(2,3)14(25-15(23)24)10-22-13(8-9-21-22)11-4-6-12(7-5-11)17(18,19)20/h4-9,14H,10H2,1-3H3,(H,23,24). The van der Waals surface area contributed by atoms with Crippen LogP contribution in [0.1, 0.15) is 26.3 Å². The first-order chi connectivity index (χ1) is 11.5. The van der Waals surface area contributed by atoms with Gasteiger partial charge in [0.2, 0.25) is 0 Å². The van der Waals surface area contributed by atoms with E-state index in [1.54, 1.807) is 6.07 Å². The second-order valence-corrected chi connectivity index (χ2v) is 6.71. The van der Waals surface area contributed by atoms with Crippen molar-refractivity contribution in [3.63, 3.8) is 0 Å². The molecule has 0 saturated carbocycles. The van der Waals surface area contributed by atoms with Gasteiger partial charge in [-0.25, -0.2) is 4.79 Å². The van der Waals surface area contributed by atoms with E-state index in [9.17, 15) is 18.0 Å². The van der Waals surface area contributed by atoms with Crippen molar-refractivity contribution in [2.45, 2.75) is 39.6 Å². The molecule has 1 heterocycles. The Morgan fingerprint density at radius 3 is 2.28 bits per heavy atom. The summed E-state index contributed by atoms with van der Waals surface area (Å²) in [5, 5.41) is 13.1. The third-order valence-electron chi connectivity index (χ3n) is 3.77. The Morgan fingerprint density at radius 2 is 1.80 bits per heavy atom. The monoisotopic (exact) mass is 356 g/mol. The molecule has 0 saturated heterocycles. The van der Waals surface area contributed by atoms with Crippen molar-refractivity contribution < 1.29 is 27.8 Å². The number of carbonyl (C=O) groups is 1. The Morgan fingerprint density at radius 1 is 1.20 bits per heavy atom. The number of hydrogen-bond donors (Lipinski definition) is 1. The highest BCUT2D eigenvalue weighted by Crippen LogP contribution is 2.31. The topological polar surface area (TPSA) is 64.4 Å². The third kappa shape index (κ3) is 4.74. The van der Waals surface area contributed by atoms with Crippen LogP contribution in [0, 0.1) is 5.41 Å². The SMILES string of the molecule is CC(C)(C)C(Cn1nccc1-c1ccc(C(F)(F)F)cc1)OC(=O)O. The molecular weight excluding hydrogens is 337 g/mol. The Hall–Kier alpha value is -2.51. The van der Waals surface area contributed by atoms with Crippen LogP contribution in [0.5, 0.6) is 0 Å². The van der Waals surface area contributed by atoms with E-state index < -0.39 is 29.4 Å². The number of carboxylic acid groups (broad SMARTS) is 1. The number of alkyl halides is 3. The molecule has 0 aliphatic carbocycles. The normalized spacial score (nSPS) is 13.5. The van der Waals surface area contributed by atoms with Crippen molar-refractivity contribution in [1.82, 2.24) is 9.78 Å². The lowest BCUT2D eigenvalue weighted by atomic mass is 9.89. The Labute approximate surface area is 143 Å². The molecule has 5 nitrogen and oxygen atoms in total. The Kier molecular flexibility index (Phi) is 5.10. The first kappa shape index (κ1) is 18.8. The number of benzene rings is 1. The molecule has 1 aromatic heterocycles. The maximum atomic E-state index is 12.7. The molecule has 0 bridgehead atoms. The van der Waals surface area contributed by atoms with Crippen LogP contribution in [0.2, 0.25) is 0 Å². The minimum Gasteiger partial charge on any atom is -0.450 e. The molecule has 8 heteroatoms. The third-order valence-corrected chi connectivity index (χ3v) is 3.77. The molecule has 2 rings (SSSR count). The summed E-state index contributed by atoms with van der Waals surface area (Å²) in [5.41, 5.74) is -0.0728. The number of aromatic nitrogens is 2. The summed E-state index contributed by atoms with van der Waals surface area (Å²) in [5.74, 6) is 0. The maximum absolute atomic E-state index is 12.7. The van der Waals surface area contributed by atoms with Crippen molar-refractivity contribution in [2.75, 3.05) is 0 Å². The summed E-state index contributed by atoms with van der Waals surface area (Å²) in [6, 6.07) is 6.38. The van der Waals surface area contributed by atoms with Gasteiger partial charge in [0.15, 0.2) is 0 Å². The highest BCUT2D eigenvalue weighted by Gasteiger charge is 2.31. The van der Waals surface area contributed by atoms with E-state index in [2.05, 4.69) is 5.10 Å². The summed E-state index contributed by atoms with van der Waals surface area (Å²) in [6.07, 6.45) is -4.94. The average molecular weight is 356 g/mol. The summed E-state index contributed by atoms with van der Waals surface area (Å²) in [7, 11) is 0. The first-order valence-electron chi connectivity index (χ1n) is 7.57. The van der Waals surface area contributed by atoms with Gasteiger partial charge in [0.05, 0.1) is 17.8 Å². The van der Waals surface area contributed by atoms with E-state index in [0.717, 1.165) is 12.1 Å². The van der Waals surface area contributed by atoms with Crippen molar-refractivity contribution in [2.24, 2.45) is 5.41 Å². The average Bonchev–Trinajstić information content (AvgIpc) is 2.92. The van der Waals surface area contributed by atoms with E-state index in [0.29, 0.717) is 11.3 Å². The molecule has 0 aliphatic rings. The van der Waals surface area contributed by atoms with Crippen molar-refractivity contribution >= 4 is 6.16 Å². The van der Waals surface area contributed by atoms with E-state index in [-0.39, 0.29) is 6.54 Å². The molecule has 0 aliphatic heterocycles. The molecule has 25 heavy (non-hydrogen) atoms. The number of hydrogen-bond acceptors (Lipinski definition) is 3. The molecular formula is C17H19F3N2O3. The number of halogens is 3. The quantitative estimate of drug-likeness (QED) is 0.808. The van der Waals surface area contributed by atoms with Gasteiger partial charge in [-0.3, -0.25) is 4.68 Å². The van der Waals surface area contributed by atoms with Gasteiger partial charge in [-0.2, -0.15) is 18.3 Å². The molecule has 1 atom stereocenters. The molecule has 0 amide bonds. The van der Waals surface area contributed by atoms with Crippen LogP contribution < -0.4 is 0 Å². The van der Waals surface area contributed by atoms with Crippen LogP contribution in [0.3, 0.4) is 0 Å². The van der Waals surface area contributed by atoms with Gasteiger partial charge < -0.3 is 9.84 Å². The van der Waals surface area contributed by atoms with E-state index in [4.69, 9.17) is 9.84 Å². The smallest absolute Gasteiger partial charge is 0.450 e. The summed E-state index contributed by atoms with van der Waals surface area (Å²) < 4.78 is 44.5. The molecule has 1 unspecified atom stereocenters. The molecule has 1 N–H and O–H groups in total. The largest absolute Gasteiger partial charge is 0.506 e. The molecule has 136 valence electrons. The van der Waals surface area contributed by atoms with Crippen LogP contribution in [0.4, 0.5) is 18.0 Å².